The van der Waals surface area contributed by atoms with E-state index in [1.807, 2.05) is 55.5 Å². The number of carbonyl (C=O) groups is 1. The SMILES string of the molecule is COc1ccc(/C=C2\SC(=S)N(c3ccc(C)cc3)C2=O)cc1Br. The minimum Gasteiger partial charge on any atom is -0.496 e. The van der Waals surface area contributed by atoms with E-state index in [0.717, 1.165) is 27.0 Å². The monoisotopic (exact) mass is 419 g/mol. The van der Waals surface area contributed by atoms with Crippen LogP contribution in [-0.4, -0.2) is 17.3 Å². The quantitative estimate of drug-likeness (QED) is 0.506. The smallest absolute Gasteiger partial charge is 0.270 e. The van der Waals surface area contributed by atoms with E-state index < -0.39 is 0 Å². The van der Waals surface area contributed by atoms with Gasteiger partial charge in [0.05, 0.1) is 22.2 Å². The van der Waals surface area contributed by atoms with E-state index >= 15 is 0 Å². The molecule has 1 aliphatic heterocycles. The van der Waals surface area contributed by atoms with Crippen molar-refractivity contribution in [1.29, 1.82) is 0 Å². The Morgan fingerprint density at radius 2 is 1.92 bits per heavy atom. The van der Waals surface area contributed by atoms with Crippen molar-refractivity contribution in [3.8, 4) is 5.75 Å². The first-order valence-electron chi connectivity index (χ1n) is 7.18. The Morgan fingerprint density at radius 1 is 1.21 bits per heavy atom. The molecule has 1 amide bonds. The van der Waals surface area contributed by atoms with Crippen molar-refractivity contribution in [2.45, 2.75) is 6.92 Å². The maximum atomic E-state index is 12.7. The standard InChI is InChI=1S/C18H14BrNO2S2/c1-11-3-6-13(7-4-11)20-17(21)16(24-18(20)23)10-12-5-8-15(22-2)14(19)9-12/h3-10H,1-2H3/b16-10-. The van der Waals surface area contributed by atoms with Crippen molar-refractivity contribution < 1.29 is 9.53 Å². The van der Waals surface area contributed by atoms with Crippen molar-refractivity contribution in [1.82, 2.24) is 0 Å². The van der Waals surface area contributed by atoms with Crippen LogP contribution < -0.4 is 9.64 Å². The molecule has 0 radical (unpaired) electrons. The Morgan fingerprint density at radius 3 is 2.54 bits per heavy atom. The van der Waals surface area contributed by atoms with Crippen molar-refractivity contribution in [2.24, 2.45) is 0 Å². The number of ether oxygens (including phenoxy) is 1. The van der Waals surface area contributed by atoms with E-state index in [2.05, 4.69) is 15.9 Å². The molecule has 122 valence electrons. The molecule has 3 rings (SSSR count). The van der Waals surface area contributed by atoms with Gasteiger partial charge in [-0.05, 0) is 58.8 Å². The second-order valence-electron chi connectivity index (χ2n) is 5.25. The third-order valence-corrected chi connectivity index (χ3v) is 5.48. The summed E-state index contributed by atoms with van der Waals surface area (Å²) in [6.45, 7) is 2.01. The number of nitrogens with zero attached hydrogens (tertiary/aromatic N) is 1. The molecule has 2 aromatic rings. The molecule has 1 saturated heterocycles. The largest absolute Gasteiger partial charge is 0.496 e. The summed E-state index contributed by atoms with van der Waals surface area (Å²) in [6, 6.07) is 13.4. The highest BCUT2D eigenvalue weighted by atomic mass is 79.9. The minimum absolute atomic E-state index is 0.0965. The summed E-state index contributed by atoms with van der Waals surface area (Å²) in [5.41, 5.74) is 2.84. The minimum atomic E-state index is -0.0965. The molecule has 6 heteroatoms. The van der Waals surface area contributed by atoms with Crippen LogP contribution in [0.5, 0.6) is 5.75 Å². The number of hydrogen-bond donors (Lipinski definition) is 0. The zero-order valence-corrected chi connectivity index (χ0v) is 16.3. The fourth-order valence-corrected chi connectivity index (χ4v) is 4.17. The zero-order chi connectivity index (χ0) is 17.3. The lowest BCUT2D eigenvalue weighted by molar-refractivity contribution is -0.113. The summed E-state index contributed by atoms with van der Waals surface area (Å²) < 4.78 is 6.61. The van der Waals surface area contributed by atoms with Gasteiger partial charge in [0.25, 0.3) is 5.91 Å². The zero-order valence-electron chi connectivity index (χ0n) is 13.1. The van der Waals surface area contributed by atoms with Gasteiger partial charge in [-0.15, -0.1) is 0 Å². The Bertz CT molecular complexity index is 847. The van der Waals surface area contributed by atoms with E-state index in [-0.39, 0.29) is 5.91 Å². The summed E-state index contributed by atoms with van der Waals surface area (Å²) in [5, 5.41) is 0. The van der Waals surface area contributed by atoms with Crippen molar-refractivity contribution in [3.63, 3.8) is 0 Å². The van der Waals surface area contributed by atoms with E-state index in [1.165, 1.54) is 11.8 Å². The fourth-order valence-electron chi connectivity index (χ4n) is 2.31. The third-order valence-electron chi connectivity index (χ3n) is 3.56. The summed E-state index contributed by atoms with van der Waals surface area (Å²) >= 11 is 10.2. The van der Waals surface area contributed by atoms with Crippen LogP contribution in [0.2, 0.25) is 0 Å². The highest BCUT2D eigenvalue weighted by molar-refractivity contribution is 9.10. The number of halogens is 1. The summed E-state index contributed by atoms with van der Waals surface area (Å²) in [4.78, 5) is 14.9. The molecule has 1 aliphatic rings. The first kappa shape index (κ1) is 17.2. The fraction of sp³-hybridized carbons (Fsp3) is 0.111. The molecule has 0 saturated carbocycles. The Kier molecular flexibility index (Phi) is 5.08. The number of thioether (sulfide) groups is 1. The lowest BCUT2D eigenvalue weighted by atomic mass is 10.2. The average molecular weight is 420 g/mol. The number of thiocarbonyl (C=S) groups is 1. The molecule has 1 heterocycles. The van der Waals surface area contributed by atoms with E-state index in [1.54, 1.807) is 12.0 Å². The van der Waals surface area contributed by atoms with Crippen LogP contribution in [0.3, 0.4) is 0 Å². The van der Waals surface area contributed by atoms with Crippen LogP contribution in [0.15, 0.2) is 51.8 Å². The number of anilines is 1. The van der Waals surface area contributed by atoms with Crippen molar-refractivity contribution in [3.05, 3.63) is 63.0 Å². The Balaban J connectivity index is 1.90. The molecule has 0 unspecified atom stereocenters. The van der Waals surface area contributed by atoms with Gasteiger partial charge in [0.15, 0.2) is 4.32 Å². The molecule has 0 bridgehead atoms. The Labute approximate surface area is 158 Å². The molecular formula is C18H14BrNO2S2. The van der Waals surface area contributed by atoms with Crippen LogP contribution in [0, 0.1) is 6.92 Å². The number of carbonyl (C=O) groups excluding carboxylic acids is 1. The molecule has 0 aliphatic carbocycles. The molecule has 0 aromatic heterocycles. The third kappa shape index (κ3) is 3.41. The molecule has 0 atom stereocenters. The van der Waals surface area contributed by atoms with E-state index in [9.17, 15) is 4.79 Å². The summed E-state index contributed by atoms with van der Waals surface area (Å²) in [6.07, 6.45) is 1.84. The van der Waals surface area contributed by atoms with Crippen molar-refractivity contribution in [2.75, 3.05) is 12.0 Å². The second-order valence-corrected chi connectivity index (χ2v) is 7.78. The lowest BCUT2D eigenvalue weighted by Gasteiger charge is -2.14. The predicted molar refractivity (Wildman–Crippen MR) is 108 cm³/mol. The topological polar surface area (TPSA) is 29.5 Å². The van der Waals surface area contributed by atoms with Crippen molar-refractivity contribution >= 4 is 61.9 Å². The number of rotatable bonds is 3. The van der Waals surface area contributed by atoms with Gasteiger partial charge in [0.1, 0.15) is 5.75 Å². The van der Waals surface area contributed by atoms with Crippen LogP contribution in [-0.2, 0) is 4.79 Å². The van der Waals surface area contributed by atoms with Gasteiger partial charge < -0.3 is 4.74 Å². The molecule has 3 nitrogen and oxygen atoms in total. The number of hydrogen-bond acceptors (Lipinski definition) is 4. The molecule has 0 N–H and O–H groups in total. The van der Waals surface area contributed by atoms with Gasteiger partial charge in [0.2, 0.25) is 0 Å². The number of aryl methyl sites for hydroxylation is 1. The van der Waals surface area contributed by atoms with Gasteiger partial charge >= 0.3 is 0 Å². The van der Waals surface area contributed by atoms with E-state index in [0.29, 0.717) is 9.23 Å². The first-order chi connectivity index (χ1) is 11.5. The number of amides is 1. The molecule has 24 heavy (non-hydrogen) atoms. The molecule has 2 aromatic carbocycles. The van der Waals surface area contributed by atoms with Gasteiger partial charge in [0, 0.05) is 0 Å². The Hall–Kier alpha value is -1.63. The predicted octanol–water partition coefficient (Wildman–Crippen LogP) is 5.17. The normalized spacial score (nSPS) is 16.1. The average Bonchev–Trinajstić information content (AvgIpc) is 2.83. The highest BCUT2D eigenvalue weighted by Crippen LogP contribution is 2.36. The molecule has 0 spiro atoms. The molecular weight excluding hydrogens is 406 g/mol. The van der Waals surface area contributed by atoms with Crippen LogP contribution in [0.25, 0.3) is 6.08 Å². The number of benzene rings is 2. The maximum Gasteiger partial charge on any atom is 0.270 e. The lowest BCUT2D eigenvalue weighted by Crippen LogP contribution is -2.27. The van der Waals surface area contributed by atoms with Gasteiger partial charge in [-0.1, -0.05) is 47.7 Å². The highest BCUT2D eigenvalue weighted by Gasteiger charge is 2.33. The van der Waals surface area contributed by atoms with Gasteiger partial charge in [-0.3, -0.25) is 9.69 Å². The summed E-state index contributed by atoms with van der Waals surface area (Å²) in [5.74, 6) is 0.653. The van der Waals surface area contributed by atoms with Crippen LogP contribution in [0.4, 0.5) is 5.69 Å². The van der Waals surface area contributed by atoms with Gasteiger partial charge in [-0.25, -0.2) is 0 Å². The van der Waals surface area contributed by atoms with Crippen LogP contribution in [0.1, 0.15) is 11.1 Å². The first-order valence-corrected chi connectivity index (χ1v) is 9.19. The number of methoxy groups -OCH3 is 1. The summed E-state index contributed by atoms with van der Waals surface area (Å²) in [7, 11) is 1.62. The molecule has 1 fully saturated rings. The van der Waals surface area contributed by atoms with Gasteiger partial charge in [-0.2, -0.15) is 0 Å². The maximum absolute atomic E-state index is 12.7. The van der Waals surface area contributed by atoms with E-state index in [4.69, 9.17) is 17.0 Å². The van der Waals surface area contributed by atoms with Crippen LogP contribution >= 0.6 is 39.9 Å². The second kappa shape index (κ2) is 7.09.